The summed E-state index contributed by atoms with van der Waals surface area (Å²) in [5, 5.41) is 19.5. The normalized spacial score (nSPS) is 11.7. The Morgan fingerprint density at radius 1 is 1.19 bits per heavy atom. The number of aromatic amines is 1. The van der Waals surface area contributed by atoms with E-state index in [0.717, 1.165) is 10.9 Å². The highest BCUT2D eigenvalue weighted by atomic mass is 35.5. The van der Waals surface area contributed by atoms with Gasteiger partial charge in [-0.1, -0.05) is 41.4 Å². The maximum absolute atomic E-state index is 12.6. The maximum atomic E-state index is 12.6. The number of benzene rings is 2. The number of nitrogens with one attached hydrogen (secondary N) is 1. The van der Waals surface area contributed by atoms with Crippen molar-refractivity contribution < 1.29 is 9.90 Å². The molecule has 1 amide bonds. The van der Waals surface area contributed by atoms with Gasteiger partial charge in [0.25, 0.3) is 5.91 Å². The summed E-state index contributed by atoms with van der Waals surface area (Å²) < 4.78 is 0. The zero-order chi connectivity index (χ0) is 19.1. The molecule has 0 spiro atoms. The van der Waals surface area contributed by atoms with Gasteiger partial charge in [-0.25, -0.2) is 0 Å². The van der Waals surface area contributed by atoms with Crippen molar-refractivity contribution in [1.29, 1.82) is 0 Å². The van der Waals surface area contributed by atoms with Crippen molar-refractivity contribution in [2.24, 2.45) is 10.2 Å². The van der Waals surface area contributed by atoms with E-state index in [1.54, 1.807) is 25.1 Å². The first-order valence-corrected chi connectivity index (χ1v) is 8.72. The van der Waals surface area contributed by atoms with Crippen LogP contribution < -0.4 is 0 Å². The van der Waals surface area contributed by atoms with Gasteiger partial charge < -0.3 is 10.1 Å². The molecule has 2 aromatic carbocycles. The van der Waals surface area contributed by atoms with E-state index < -0.39 is 5.91 Å². The second-order valence-electron chi connectivity index (χ2n) is 5.93. The van der Waals surface area contributed by atoms with Crippen molar-refractivity contribution in [3.05, 3.63) is 63.8 Å². The first kappa shape index (κ1) is 17.5. The van der Waals surface area contributed by atoms with Gasteiger partial charge in [0.2, 0.25) is 5.88 Å². The summed E-state index contributed by atoms with van der Waals surface area (Å²) in [6, 6.07) is 12.4. The average Bonchev–Trinajstić information content (AvgIpc) is 2.98. The van der Waals surface area contributed by atoms with Gasteiger partial charge in [0.15, 0.2) is 5.69 Å². The highest BCUT2D eigenvalue weighted by Gasteiger charge is 2.17. The van der Waals surface area contributed by atoms with Crippen LogP contribution in [0, 0.1) is 6.92 Å². The van der Waals surface area contributed by atoms with Crippen molar-refractivity contribution in [3.8, 4) is 5.88 Å². The number of rotatable bonds is 2. The third kappa shape index (κ3) is 3.03. The molecule has 0 bridgehead atoms. The smallest absolute Gasteiger partial charge is 0.297 e. The molecule has 0 saturated heterocycles. The Hall–Kier alpha value is -2.96. The molecule has 0 aliphatic carbocycles. The monoisotopic (exact) mass is 398 g/mol. The van der Waals surface area contributed by atoms with Crippen LogP contribution in [0.4, 0.5) is 5.69 Å². The predicted octanol–water partition coefficient (Wildman–Crippen LogP) is 5.96. The summed E-state index contributed by atoms with van der Waals surface area (Å²) in [7, 11) is 0. The molecule has 0 saturated carbocycles. The molecular weight excluding hydrogens is 387 g/mol. The average molecular weight is 399 g/mol. The third-order valence-electron chi connectivity index (χ3n) is 4.19. The first-order chi connectivity index (χ1) is 13.0. The van der Waals surface area contributed by atoms with E-state index in [4.69, 9.17) is 23.2 Å². The molecule has 6 nitrogen and oxygen atoms in total. The Kier molecular flexibility index (Phi) is 4.30. The van der Waals surface area contributed by atoms with Crippen molar-refractivity contribution in [1.82, 2.24) is 9.97 Å². The van der Waals surface area contributed by atoms with Gasteiger partial charge in [0, 0.05) is 5.39 Å². The Labute approximate surface area is 163 Å². The van der Waals surface area contributed by atoms with Crippen LogP contribution in [-0.4, -0.2) is 21.0 Å². The number of hydrogen-bond acceptors (Lipinski definition) is 4. The second kappa shape index (κ2) is 6.64. The summed E-state index contributed by atoms with van der Waals surface area (Å²) in [4.78, 5) is 19.7. The molecule has 2 aromatic heterocycles. The number of azo groups is 1. The molecule has 0 unspecified atom stereocenters. The minimum Gasteiger partial charge on any atom is -0.493 e. The lowest BCUT2D eigenvalue weighted by Gasteiger charge is -2.03. The molecule has 0 aliphatic heterocycles. The molecule has 4 rings (SSSR count). The largest absolute Gasteiger partial charge is 0.493 e. The lowest BCUT2D eigenvalue weighted by atomic mass is 10.1. The number of pyridine rings is 1. The van der Waals surface area contributed by atoms with E-state index in [2.05, 4.69) is 20.2 Å². The summed E-state index contributed by atoms with van der Waals surface area (Å²) in [5.74, 6) is -0.822. The molecule has 0 fully saturated rings. The Balaban J connectivity index is 1.77. The van der Waals surface area contributed by atoms with Crippen molar-refractivity contribution in [2.75, 3.05) is 0 Å². The van der Waals surface area contributed by atoms with Crippen LogP contribution in [0.5, 0.6) is 5.88 Å². The van der Waals surface area contributed by atoms with Gasteiger partial charge >= 0.3 is 0 Å². The fraction of sp³-hybridized carbons (Fsp3) is 0.0526. The topological polar surface area (TPSA) is 90.7 Å². The van der Waals surface area contributed by atoms with E-state index in [1.807, 2.05) is 24.3 Å². The van der Waals surface area contributed by atoms with Gasteiger partial charge in [0.05, 0.1) is 37.7 Å². The number of nitrogens with zero attached hydrogens (tertiary/aromatic N) is 3. The molecule has 0 atom stereocenters. The Bertz CT molecular complexity index is 1250. The molecule has 0 radical (unpaired) electrons. The minimum atomic E-state index is -0.572. The molecule has 2 heterocycles. The number of hydrogen-bond donors (Lipinski definition) is 2. The Morgan fingerprint density at radius 2 is 1.96 bits per heavy atom. The number of amides is 1. The van der Waals surface area contributed by atoms with Crippen molar-refractivity contribution in [3.63, 3.8) is 0 Å². The maximum Gasteiger partial charge on any atom is 0.297 e. The van der Waals surface area contributed by atoms with Crippen LogP contribution >= 0.6 is 23.2 Å². The summed E-state index contributed by atoms with van der Waals surface area (Å²) in [5.41, 5.74) is 2.26. The summed E-state index contributed by atoms with van der Waals surface area (Å²) >= 11 is 12.2. The lowest BCUT2D eigenvalue weighted by molar-refractivity contribution is 0.0994. The van der Waals surface area contributed by atoms with Crippen molar-refractivity contribution >= 4 is 56.6 Å². The molecule has 2 N–H and O–H groups in total. The molecule has 27 heavy (non-hydrogen) atoms. The number of aromatic nitrogens is 2. The van der Waals surface area contributed by atoms with Crippen LogP contribution in [0.25, 0.3) is 21.8 Å². The summed E-state index contributed by atoms with van der Waals surface area (Å²) in [6.07, 6.45) is 0. The Morgan fingerprint density at radius 3 is 2.78 bits per heavy atom. The SMILES string of the molecule is Cc1nc2ccccc2cc1C(=O)N=Nc1c(O)[nH]c2ccc(Cl)c(Cl)c12. The molecule has 0 aliphatic rings. The standard InChI is InChI=1S/C19H12Cl2N4O2/c1-9-11(8-10-4-2-3-5-13(10)22-9)18(26)25-24-17-15-14(23-19(17)27)7-6-12(20)16(15)21/h2-8,23,27H,1H3. The zero-order valence-electron chi connectivity index (χ0n) is 14.0. The van der Waals surface area contributed by atoms with E-state index in [0.29, 0.717) is 27.2 Å². The number of H-pyrrole nitrogens is 1. The summed E-state index contributed by atoms with van der Waals surface area (Å²) in [6.45, 7) is 1.73. The second-order valence-corrected chi connectivity index (χ2v) is 6.71. The number of aryl methyl sites for hydroxylation is 1. The lowest BCUT2D eigenvalue weighted by Crippen LogP contribution is -2.00. The van der Waals surface area contributed by atoms with Crippen LogP contribution in [-0.2, 0) is 0 Å². The zero-order valence-corrected chi connectivity index (χ0v) is 15.5. The van der Waals surface area contributed by atoms with E-state index >= 15 is 0 Å². The molecule has 134 valence electrons. The first-order valence-electron chi connectivity index (χ1n) is 7.97. The number of para-hydroxylation sites is 1. The van der Waals surface area contributed by atoms with Crippen LogP contribution in [0.15, 0.2) is 52.7 Å². The molecule has 8 heteroatoms. The van der Waals surface area contributed by atoms with Gasteiger partial charge in [-0.15, -0.1) is 10.2 Å². The van der Waals surface area contributed by atoms with Gasteiger partial charge in [-0.2, -0.15) is 0 Å². The number of carbonyl (C=O) groups excluding carboxylic acids is 1. The number of halogens is 2. The van der Waals surface area contributed by atoms with E-state index in [9.17, 15) is 9.90 Å². The number of fused-ring (bicyclic) bond motifs is 2. The van der Waals surface area contributed by atoms with Gasteiger partial charge in [0.1, 0.15) is 0 Å². The van der Waals surface area contributed by atoms with Gasteiger partial charge in [-0.05, 0) is 31.2 Å². The number of carbonyl (C=O) groups is 1. The predicted molar refractivity (Wildman–Crippen MR) is 105 cm³/mol. The highest BCUT2D eigenvalue weighted by Crippen LogP contribution is 2.42. The van der Waals surface area contributed by atoms with Gasteiger partial charge in [-0.3, -0.25) is 9.78 Å². The van der Waals surface area contributed by atoms with Crippen LogP contribution in [0.3, 0.4) is 0 Å². The van der Waals surface area contributed by atoms with E-state index in [-0.39, 0.29) is 16.6 Å². The fourth-order valence-electron chi connectivity index (χ4n) is 2.87. The highest BCUT2D eigenvalue weighted by molar-refractivity contribution is 6.46. The number of aromatic hydroxyl groups is 1. The quantitative estimate of drug-likeness (QED) is 0.408. The minimum absolute atomic E-state index is 0.0530. The van der Waals surface area contributed by atoms with E-state index in [1.165, 1.54) is 0 Å². The van der Waals surface area contributed by atoms with Crippen LogP contribution in [0.2, 0.25) is 10.0 Å². The van der Waals surface area contributed by atoms with Crippen molar-refractivity contribution in [2.45, 2.75) is 6.92 Å². The third-order valence-corrected chi connectivity index (χ3v) is 5.00. The molecular formula is C19H12Cl2N4O2. The fourth-order valence-corrected chi connectivity index (χ4v) is 3.28. The van der Waals surface area contributed by atoms with Crippen LogP contribution in [0.1, 0.15) is 16.1 Å². The molecule has 4 aromatic rings.